The van der Waals surface area contributed by atoms with Crippen molar-refractivity contribution >= 4 is 11.8 Å². The molecule has 1 heterocycles. The molecule has 0 aromatic carbocycles. The molecule has 3 unspecified atom stereocenters. The third kappa shape index (κ3) is 5.09. The Morgan fingerprint density at radius 3 is 2.69 bits per heavy atom. The van der Waals surface area contributed by atoms with Gasteiger partial charge in [-0.25, -0.2) is 0 Å². The number of hydrogen-bond donors (Lipinski definition) is 1. The van der Waals surface area contributed by atoms with E-state index in [2.05, 4.69) is 25.6 Å². The van der Waals surface area contributed by atoms with Gasteiger partial charge >= 0.3 is 0 Å². The first-order valence-corrected chi connectivity index (χ1v) is 8.20. The fourth-order valence-electron chi connectivity index (χ4n) is 2.62. The monoisotopic (exact) mass is 243 g/mol. The van der Waals surface area contributed by atoms with Crippen molar-refractivity contribution < 1.29 is 0 Å². The molecule has 0 bridgehead atoms. The second-order valence-electron chi connectivity index (χ2n) is 5.22. The molecule has 2 N–H and O–H groups in total. The summed E-state index contributed by atoms with van der Waals surface area (Å²) in [6.45, 7) is 4.60. The molecule has 2 heteroatoms. The lowest BCUT2D eigenvalue weighted by Gasteiger charge is -2.29. The zero-order valence-electron chi connectivity index (χ0n) is 11.1. The number of nitrogens with two attached hydrogens (primary N) is 1. The average Bonchev–Trinajstić information content (AvgIpc) is 2.35. The van der Waals surface area contributed by atoms with Crippen molar-refractivity contribution in [3.8, 4) is 0 Å². The van der Waals surface area contributed by atoms with Crippen LogP contribution in [0.15, 0.2) is 0 Å². The van der Waals surface area contributed by atoms with Gasteiger partial charge < -0.3 is 5.73 Å². The van der Waals surface area contributed by atoms with Crippen LogP contribution in [0.1, 0.15) is 65.2 Å². The first kappa shape index (κ1) is 14.4. The molecule has 1 aliphatic heterocycles. The molecule has 96 valence electrons. The number of rotatable bonds is 7. The Morgan fingerprint density at radius 1 is 1.31 bits per heavy atom. The Morgan fingerprint density at radius 2 is 2.12 bits per heavy atom. The van der Waals surface area contributed by atoms with Gasteiger partial charge in [0.25, 0.3) is 0 Å². The number of unbranched alkanes of at least 4 members (excludes halogenated alkanes) is 1. The van der Waals surface area contributed by atoms with Crippen molar-refractivity contribution in [2.75, 3.05) is 5.75 Å². The molecule has 0 aliphatic carbocycles. The summed E-state index contributed by atoms with van der Waals surface area (Å²) < 4.78 is 0. The third-order valence-corrected chi connectivity index (χ3v) is 5.38. The maximum atomic E-state index is 6.38. The van der Waals surface area contributed by atoms with E-state index >= 15 is 0 Å². The van der Waals surface area contributed by atoms with Crippen LogP contribution in [0.4, 0.5) is 0 Å². The van der Waals surface area contributed by atoms with Crippen LogP contribution in [-0.2, 0) is 0 Å². The van der Waals surface area contributed by atoms with E-state index < -0.39 is 0 Å². The predicted molar refractivity (Wildman–Crippen MR) is 76.0 cm³/mol. The smallest absolute Gasteiger partial charge is 0.0199 e. The molecular weight excluding hydrogens is 214 g/mol. The lowest BCUT2D eigenvalue weighted by atomic mass is 9.90. The highest BCUT2D eigenvalue weighted by atomic mass is 32.2. The Hall–Kier alpha value is 0.310. The lowest BCUT2D eigenvalue weighted by molar-refractivity contribution is 0.372. The minimum Gasteiger partial charge on any atom is -0.327 e. The normalized spacial score (nSPS) is 25.3. The second-order valence-corrected chi connectivity index (χ2v) is 6.57. The Kier molecular flexibility index (Phi) is 7.55. The van der Waals surface area contributed by atoms with Gasteiger partial charge in [0.2, 0.25) is 0 Å². The highest BCUT2D eigenvalue weighted by Gasteiger charge is 2.23. The number of thioether (sulfide) groups is 1. The number of hydrogen-bond acceptors (Lipinski definition) is 2. The standard InChI is InChI=1S/C14H29NS/c1-3-5-8-12(4-2)11-13(15)14-9-6-7-10-16-14/h12-14H,3-11,15H2,1-2H3. The second kappa shape index (κ2) is 8.41. The van der Waals surface area contributed by atoms with E-state index in [1.54, 1.807) is 0 Å². The molecule has 0 aromatic rings. The van der Waals surface area contributed by atoms with Gasteiger partial charge in [-0.2, -0.15) is 11.8 Å². The fourth-order valence-corrected chi connectivity index (χ4v) is 3.99. The molecule has 1 aliphatic rings. The van der Waals surface area contributed by atoms with Crippen molar-refractivity contribution in [3.63, 3.8) is 0 Å². The molecule has 1 rings (SSSR count). The quantitative estimate of drug-likeness (QED) is 0.725. The zero-order valence-corrected chi connectivity index (χ0v) is 11.9. The van der Waals surface area contributed by atoms with Gasteiger partial charge in [-0.3, -0.25) is 0 Å². The van der Waals surface area contributed by atoms with Crippen LogP contribution in [0.3, 0.4) is 0 Å². The summed E-state index contributed by atoms with van der Waals surface area (Å²) in [6.07, 6.45) is 10.8. The van der Waals surface area contributed by atoms with Crippen LogP contribution in [0.5, 0.6) is 0 Å². The minimum absolute atomic E-state index is 0.451. The molecule has 0 saturated carbocycles. The van der Waals surface area contributed by atoms with Crippen LogP contribution in [0.25, 0.3) is 0 Å². The van der Waals surface area contributed by atoms with Gasteiger partial charge in [-0.05, 0) is 30.9 Å². The molecule has 0 radical (unpaired) electrons. The van der Waals surface area contributed by atoms with Crippen LogP contribution in [0, 0.1) is 5.92 Å². The zero-order chi connectivity index (χ0) is 11.8. The summed E-state index contributed by atoms with van der Waals surface area (Å²) in [4.78, 5) is 0. The Labute approximate surface area is 106 Å². The first-order chi connectivity index (χ1) is 7.77. The average molecular weight is 243 g/mol. The summed E-state index contributed by atoms with van der Waals surface area (Å²) in [5.41, 5.74) is 6.38. The molecule has 0 aromatic heterocycles. The first-order valence-electron chi connectivity index (χ1n) is 7.15. The van der Waals surface area contributed by atoms with Crippen molar-refractivity contribution in [2.45, 2.75) is 76.5 Å². The lowest BCUT2D eigenvalue weighted by Crippen LogP contribution is -2.36. The maximum absolute atomic E-state index is 6.38. The van der Waals surface area contributed by atoms with Crippen molar-refractivity contribution in [3.05, 3.63) is 0 Å². The fraction of sp³-hybridized carbons (Fsp3) is 1.00. The summed E-state index contributed by atoms with van der Waals surface area (Å²) in [7, 11) is 0. The molecule has 0 spiro atoms. The predicted octanol–water partition coefficient (Wildman–Crippen LogP) is 4.21. The highest BCUT2D eigenvalue weighted by molar-refractivity contribution is 8.00. The van der Waals surface area contributed by atoms with E-state index in [1.165, 1.54) is 57.1 Å². The van der Waals surface area contributed by atoms with Gasteiger partial charge in [-0.1, -0.05) is 46.0 Å². The maximum Gasteiger partial charge on any atom is 0.0199 e. The molecule has 1 fully saturated rings. The largest absolute Gasteiger partial charge is 0.327 e. The van der Waals surface area contributed by atoms with Gasteiger partial charge in [0.05, 0.1) is 0 Å². The molecule has 1 saturated heterocycles. The Bertz CT molecular complexity index is 166. The van der Waals surface area contributed by atoms with Crippen LogP contribution in [-0.4, -0.2) is 17.0 Å². The van der Waals surface area contributed by atoms with E-state index in [0.717, 1.165) is 11.2 Å². The Balaban J connectivity index is 2.26. The van der Waals surface area contributed by atoms with E-state index in [0.29, 0.717) is 6.04 Å². The van der Waals surface area contributed by atoms with Gasteiger partial charge in [0.15, 0.2) is 0 Å². The summed E-state index contributed by atoms with van der Waals surface area (Å²) in [5.74, 6) is 2.21. The topological polar surface area (TPSA) is 26.0 Å². The molecule has 3 atom stereocenters. The van der Waals surface area contributed by atoms with Crippen molar-refractivity contribution in [2.24, 2.45) is 11.7 Å². The third-order valence-electron chi connectivity index (χ3n) is 3.84. The SMILES string of the molecule is CCCCC(CC)CC(N)C1CCCCS1. The van der Waals surface area contributed by atoms with Gasteiger partial charge in [-0.15, -0.1) is 0 Å². The minimum atomic E-state index is 0.451. The van der Waals surface area contributed by atoms with E-state index in [1.807, 2.05) is 0 Å². The highest BCUT2D eigenvalue weighted by Crippen LogP contribution is 2.30. The van der Waals surface area contributed by atoms with Crippen LogP contribution >= 0.6 is 11.8 Å². The summed E-state index contributed by atoms with van der Waals surface area (Å²) in [6, 6.07) is 0.451. The summed E-state index contributed by atoms with van der Waals surface area (Å²) >= 11 is 2.12. The molecular formula is C14H29NS. The van der Waals surface area contributed by atoms with Gasteiger partial charge in [0.1, 0.15) is 0 Å². The van der Waals surface area contributed by atoms with Crippen molar-refractivity contribution in [1.82, 2.24) is 0 Å². The molecule has 0 amide bonds. The van der Waals surface area contributed by atoms with Crippen LogP contribution < -0.4 is 5.73 Å². The van der Waals surface area contributed by atoms with Crippen molar-refractivity contribution in [1.29, 1.82) is 0 Å². The van der Waals surface area contributed by atoms with E-state index in [-0.39, 0.29) is 0 Å². The van der Waals surface area contributed by atoms with Crippen LogP contribution in [0.2, 0.25) is 0 Å². The van der Waals surface area contributed by atoms with E-state index in [4.69, 9.17) is 5.73 Å². The van der Waals surface area contributed by atoms with Gasteiger partial charge in [0, 0.05) is 11.3 Å². The van der Waals surface area contributed by atoms with E-state index in [9.17, 15) is 0 Å². The molecule has 16 heavy (non-hydrogen) atoms. The summed E-state index contributed by atoms with van der Waals surface area (Å²) in [5, 5.41) is 0.754. The molecule has 1 nitrogen and oxygen atoms in total.